The van der Waals surface area contributed by atoms with Crippen LogP contribution in [-0.2, 0) is 23.9 Å². The van der Waals surface area contributed by atoms with E-state index in [1.54, 1.807) is 28.8 Å². The highest BCUT2D eigenvalue weighted by atomic mass is 19.4. The van der Waals surface area contributed by atoms with Crippen molar-refractivity contribution >= 4 is 22.7 Å². The summed E-state index contributed by atoms with van der Waals surface area (Å²) >= 11 is 0. The molecule has 4 aromatic rings. The van der Waals surface area contributed by atoms with Crippen molar-refractivity contribution in [2.24, 2.45) is 0 Å². The number of halogens is 3. The lowest BCUT2D eigenvalue weighted by molar-refractivity contribution is -0.138. The molecule has 4 nitrogen and oxygen atoms in total. The van der Waals surface area contributed by atoms with Crippen LogP contribution in [0.3, 0.4) is 0 Å². The van der Waals surface area contributed by atoms with Gasteiger partial charge in [-0.3, -0.25) is 4.79 Å². The third-order valence-electron chi connectivity index (χ3n) is 6.68. The molecule has 0 saturated heterocycles. The summed E-state index contributed by atoms with van der Waals surface area (Å²) in [5.41, 5.74) is 2.18. The Labute approximate surface area is 199 Å². The number of alkyl halides is 3. The first-order valence-electron chi connectivity index (χ1n) is 11.2. The van der Waals surface area contributed by atoms with Crippen molar-refractivity contribution in [2.45, 2.75) is 31.5 Å². The standard InChI is InChI=1S/C28H22F3NO3/c1-35-27(34)20-11-7-13-22-25(20)26-23(14-19(15-24(26)33)17-8-3-2-4-9-17)32(22)16-18-10-5-6-12-21(18)28(29,30)31/h2-13,19H,14-16H2,1H3. The molecule has 0 bridgehead atoms. The maximum Gasteiger partial charge on any atom is 0.416 e. The van der Waals surface area contributed by atoms with Gasteiger partial charge in [0, 0.05) is 29.6 Å². The molecule has 0 amide bonds. The van der Waals surface area contributed by atoms with E-state index in [0.717, 1.165) is 11.6 Å². The van der Waals surface area contributed by atoms with E-state index >= 15 is 0 Å². The quantitative estimate of drug-likeness (QED) is 0.319. The number of carbonyl (C=O) groups excluding carboxylic acids is 2. The summed E-state index contributed by atoms with van der Waals surface area (Å²) in [6.45, 7) is -0.0824. The van der Waals surface area contributed by atoms with Crippen molar-refractivity contribution in [1.29, 1.82) is 0 Å². The van der Waals surface area contributed by atoms with E-state index in [-0.39, 0.29) is 35.8 Å². The third-order valence-corrected chi connectivity index (χ3v) is 6.68. The molecule has 1 aromatic heterocycles. The van der Waals surface area contributed by atoms with Crippen LogP contribution in [0, 0.1) is 0 Å². The number of rotatable bonds is 4. The molecule has 178 valence electrons. The normalized spacial score (nSPS) is 15.8. The van der Waals surface area contributed by atoms with Gasteiger partial charge in [-0.15, -0.1) is 0 Å². The molecule has 0 saturated carbocycles. The number of hydrogen-bond acceptors (Lipinski definition) is 3. The summed E-state index contributed by atoms with van der Waals surface area (Å²) in [7, 11) is 1.26. The Hall–Kier alpha value is -3.87. The molecule has 0 spiro atoms. The number of esters is 1. The number of Topliss-reactive ketones (excluding diaryl/α,β-unsaturated/α-hetero) is 1. The Morgan fingerprint density at radius 3 is 2.40 bits per heavy atom. The molecule has 0 aliphatic heterocycles. The van der Waals surface area contributed by atoms with Crippen LogP contribution in [0.4, 0.5) is 13.2 Å². The first kappa shape index (κ1) is 22.9. The van der Waals surface area contributed by atoms with Crippen LogP contribution < -0.4 is 0 Å². The summed E-state index contributed by atoms with van der Waals surface area (Å²) in [6, 6.07) is 20.0. The Balaban J connectivity index is 1.74. The second-order valence-electron chi connectivity index (χ2n) is 8.69. The second kappa shape index (κ2) is 8.73. The number of fused-ring (bicyclic) bond motifs is 3. The lowest BCUT2D eigenvalue weighted by Crippen LogP contribution is -2.21. The number of methoxy groups -OCH3 is 1. The SMILES string of the molecule is COC(=O)c1cccc2c1c1c(n2Cc2ccccc2C(F)(F)F)CC(c2ccccc2)CC1=O. The first-order chi connectivity index (χ1) is 16.8. The van der Waals surface area contributed by atoms with Gasteiger partial charge < -0.3 is 9.30 Å². The van der Waals surface area contributed by atoms with Gasteiger partial charge in [-0.25, -0.2) is 4.79 Å². The van der Waals surface area contributed by atoms with Crippen LogP contribution in [0.15, 0.2) is 72.8 Å². The first-order valence-corrected chi connectivity index (χ1v) is 11.2. The molecule has 0 fully saturated rings. The Morgan fingerprint density at radius 1 is 0.971 bits per heavy atom. The van der Waals surface area contributed by atoms with Crippen molar-refractivity contribution < 1.29 is 27.5 Å². The van der Waals surface area contributed by atoms with Crippen LogP contribution in [-0.4, -0.2) is 23.4 Å². The fourth-order valence-corrected chi connectivity index (χ4v) is 5.12. The smallest absolute Gasteiger partial charge is 0.416 e. The van der Waals surface area contributed by atoms with E-state index in [2.05, 4.69) is 0 Å². The fraction of sp³-hybridized carbons (Fsp3) is 0.214. The van der Waals surface area contributed by atoms with E-state index in [0.29, 0.717) is 28.6 Å². The van der Waals surface area contributed by atoms with E-state index in [9.17, 15) is 22.8 Å². The van der Waals surface area contributed by atoms with Gasteiger partial charge in [0.1, 0.15) is 0 Å². The lowest BCUT2D eigenvalue weighted by Gasteiger charge is -2.24. The van der Waals surface area contributed by atoms with E-state index < -0.39 is 17.7 Å². The molecule has 35 heavy (non-hydrogen) atoms. The highest BCUT2D eigenvalue weighted by molar-refractivity contribution is 6.16. The average molecular weight is 477 g/mol. The highest BCUT2D eigenvalue weighted by Gasteiger charge is 2.36. The van der Waals surface area contributed by atoms with Gasteiger partial charge in [-0.1, -0.05) is 54.6 Å². The minimum Gasteiger partial charge on any atom is -0.465 e. The van der Waals surface area contributed by atoms with Crippen LogP contribution in [0.25, 0.3) is 10.9 Å². The number of ketones is 1. The zero-order chi connectivity index (χ0) is 24.7. The van der Waals surface area contributed by atoms with Crippen molar-refractivity contribution in [3.63, 3.8) is 0 Å². The van der Waals surface area contributed by atoms with Crippen LogP contribution in [0.2, 0.25) is 0 Å². The van der Waals surface area contributed by atoms with E-state index in [1.165, 1.54) is 19.2 Å². The largest absolute Gasteiger partial charge is 0.465 e. The lowest BCUT2D eigenvalue weighted by atomic mass is 9.81. The van der Waals surface area contributed by atoms with Gasteiger partial charge in [0.25, 0.3) is 0 Å². The Bertz CT molecular complexity index is 1440. The average Bonchev–Trinajstić information content (AvgIpc) is 3.17. The van der Waals surface area contributed by atoms with Crippen molar-refractivity contribution in [3.8, 4) is 0 Å². The number of hydrogen-bond donors (Lipinski definition) is 0. The van der Waals surface area contributed by atoms with Gasteiger partial charge in [0.2, 0.25) is 0 Å². The molecule has 7 heteroatoms. The zero-order valence-electron chi connectivity index (χ0n) is 18.9. The van der Waals surface area contributed by atoms with Crippen LogP contribution in [0.5, 0.6) is 0 Å². The topological polar surface area (TPSA) is 48.3 Å². The zero-order valence-corrected chi connectivity index (χ0v) is 18.9. The molecule has 1 aliphatic rings. The Kier molecular flexibility index (Phi) is 5.71. The summed E-state index contributed by atoms with van der Waals surface area (Å²) < 4.78 is 48.0. The molecule has 1 atom stereocenters. The van der Waals surface area contributed by atoms with Crippen LogP contribution >= 0.6 is 0 Å². The van der Waals surface area contributed by atoms with Gasteiger partial charge in [-0.05, 0) is 41.7 Å². The molecule has 1 aliphatic carbocycles. The fourth-order valence-electron chi connectivity index (χ4n) is 5.12. The van der Waals surface area contributed by atoms with Crippen LogP contribution in [0.1, 0.15) is 55.4 Å². The molecule has 0 N–H and O–H groups in total. The number of carbonyl (C=O) groups is 2. The van der Waals surface area contributed by atoms with E-state index in [4.69, 9.17) is 4.74 Å². The Morgan fingerprint density at radius 2 is 1.69 bits per heavy atom. The minimum absolute atomic E-state index is 0.0824. The molecular formula is C28H22F3NO3. The third kappa shape index (κ3) is 4.01. The molecule has 0 radical (unpaired) electrons. The minimum atomic E-state index is -4.51. The maximum atomic E-state index is 13.8. The highest BCUT2D eigenvalue weighted by Crippen LogP contribution is 2.41. The number of benzene rings is 3. The van der Waals surface area contributed by atoms with E-state index in [1.807, 2.05) is 30.3 Å². The molecule has 1 unspecified atom stereocenters. The summed E-state index contributed by atoms with van der Waals surface area (Å²) in [5, 5.41) is 0.440. The summed E-state index contributed by atoms with van der Waals surface area (Å²) in [5.74, 6) is -0.841. The van der Waals surface area contributed by atoms with Crippen molar-refractivity contribution in [3.05, 3.63) is 106 Å². The second-order valence-corrected chi connectivity index (χ2v) is 8.69. The summed E-state index contributed by atoms with van der Waals surface area (Å²) in [6.07, 6.45) is -3.79. The molecule has 1 heterocycles. The number of ether oxygens (including phenoxy) is 1. The van der Waals surface area contributed by atoms with Crippen molar-refractivity contribution in [2.75, 3.05) is 7.11 Å². The monoisotopic (exact) mass is 477 g/mol. The van der Waals surface area contributed by atoms with Gasteiger partial charge in [0.15, 0.2) is 5.78 Å². The summed E-state index contributed by atoms with van der Waals surface area (Å²) in [4.78, 5) is 26.1. The van der Waals surface area contributed by atoms with Gasteiger partial charge >= 0.3 is 12.1 Å². The molecule has 3 aromatic carbocycles. The number of nitrogens with zero attached hydrogens (tertiary/aromatic N) is 1. The van der Waals surface area contributed by atoms with Crippen molar-refractivity contribution in [1.82, 2.24) is 4.57 Å². The van der Waals surface area contributed by atoms with Gasteiger partial charge in [0.05, 0.1) is 23.8 Å². The maximum absolute atomic E-state index is 13.8. The molecular weight excluding hydrogens is 455 g/mol. The predicted molar refractivity (Wildman–Crippen MR) is 126 cm³/mol. The predicted octanol–water partition coefficient (Wildman–Crippen LogP) is 6.41. The molecule has 5 rings (SSSR count). The number of aromatic nitrogens is 1. The van der Waals surface area contributed by atoms with Gasteiger partial charge in [-0.2, -0.15) is 13.2 Å².